The lowest BCUT2D eigenvalue weighted by molar-refractivity contribution is -0.148. The van der Waals surface area contributed by atoms with Crippen LogP contribution in [0.2, 0.25) is 0 Å². The van der Waals surface area contributed by atoms with Crippen molar-refractivity contribution in [1.82, 2.24) is 24.6 Å². The van der Waals surface area contributed by atoms with Gasteiger partial charge >= 0.3 is 5.97 Å². The van der Waals surface area contributed by atoms with E-state index in [4.69, 9.17) is 9.47 Å². The van der Waals surface area contributed by atoms with Gasteiger partial charge in [-0.2, -0.15) is 5.10 Å². The molecule has 2 aromatic heterocycles. The van der Waals surface area contributed by atoms with Crippen molar-refractivity contribution in [1.29, 1.82) is 0 Å². The quantitative estimate of drug-likeness (QED) is 0.451. The van der Waals surface area contributed by atoms with Crippen molar-refractivity contribution in [2.75, 3.05) is 44.8 Å². The minimum Gasteiger partial charge on any atom is -0.494 e. The van der Waals surface area contributed by atoms with Crippen LogP contribution in [0.15, 0.2) is 36.8 Å². The Hall–Kier alpha value is -3.69. The number of ether oxygens (including phenoxy) is 2. The largest absolute Gasteiger partial charge is 0.494 e. The number of carbonyl (C=O) groups is 2. The summed E-state index contributed by atoms with van der Waals surface area (Å²) in [6.07, 6.45) is 6.36. The summed E-state index contributed by atoms with van der Waals surface area (Å²) in [6, 6.07) is 8.01. The van der Waals surface area contributed by atoms with Crippen LogP contribution in [0.4, 0.5) is 5.82 Å². The number of aromatic nitrogens is 4. The third-order valence-corrected chi connectivity index (χ3v) is 7.46. The lowest BCUT2D eigenvalue weighted by Gasteiger charge is -2.38. The Morgan fingerprint density at radius 1 is 1.03 bits per heavy atom. The Labute approximate surface area is 216 Å². The molecule has 0 unspecified atom stereocenters. The molecular formula is C27H34N6O4. The van der Waals surface area contributed by atoms with E-state index in [1.165, 1.54) is 7.11 Å². The molecule has 0 bridgehead atoms. The van der Waals surface area contributed by atoms with Crippen molar-refractivity contribution in [3.05, 3.63) is 42.4 Å². The number of benzene rings is 1. The number of hydrogen-bond donors (Lipinski definition) is 0. The molecule has 3 aromatic rings. The van der Waals surface area contributed by atoms with E-state index >= 15 is 0 Å². The summed E-state index contributed by atoms with van der Waals surface area (Å²) >= 11 is 0. The van der Waals surface area contributed by atoms with Gasteiger partial charge in [0.05, 0.1) is 37.8 Å². The number of fused-ring (bicyclic) bond motifs is 1. The van der Waals surface area contributed by atoms with Crippen LogP contribution in [0.3, 0.4) is 0 Å². The SMILES string of the molecule is CCOc1cccc(Cn2ncc3c(N4CCN(C(=O)[C@H]5CC[C@H](C(=O)OC)CC5)CC4)ncnc32)c1. The van der Waals surface area contributed by atoms with Gasteiger partial charge in [0.15, 0.2) is 5.65 Å². The highest BCUT2D eigenvalue weighted by Gasteiger charge is 2.34. The summed E-state index contributed by atoms with van der Waals surface area (Å²) in [5.74, 6) is 1.68. The van der Waals surface area contributed by atoms with E-state index in [0.717, 1.165) is 53.8 Å². The smallest absolute Gasteiger partial charge is 0.308 e. The lowest BCUT2D eigenvalue weighted by Crippen LogP contribution is -2.51. The molecule has 0 N–H and O–H groups in total. The van der Waals surface area contributed by atoms with Crippen molar-refractivity contribution in [2.24, 2.45) is 11.8 Å². The van der Waals surface area contributed by atoms with Crippen LogP contribution >= 0.6 is 0 Å². The van der Waals surface area contributed by atoms with E-state index in [0.29, 0.717) is 39.3 Å². The van der Waals surface area contributed by atoms with E-state index < -0.39 is 0 Å². The van der Waals surface area contributed by atoms with Crippen molar-refractivity contribution in [2.45, 2.75) is 39.2 Å². The number of nitrogens with zero attached hydrogens (tertiary/aromatic N) is 6. The molecule has 0 atom stereocenters. The van der Waals surface area contributed by atoms with Gasteiger partial charge in [-0.25, -0.2) is 14.6 Å². The van der Waals surface area contributed by atoms with Gasteiger partial charge < -0.3 is 19.3 Å². The van der Waals surface area contributed by atoms with Gasteiger partial charge in [0.25, 0.3) is 0 Å². The molecule has 1 saturated carbocycles. The monoisotopic (exact) mass is 506 g/mol. The predicted molar refractivity (Wildman–Crippen MR) is 138 cm³/mol. The minimum atomic E-state index is -0.155. The number of rotatable bonds is 7. The second-order valence-electron chi connectivity index (χ2n) is 9.70. The maximum atomic E-state index is 13.1. The van der Waals surface area contributed by atoms with E-state index in [-0.39, 0.29) is 23.7 Å². The number of hydrogen-bond acceptors (Lipinski definition) is 8. The van der Waals surface area contributed by atoms with Crippen LogP contribution in [-0.2, 0) is 20.9 Å². The Morgan fingerprint density at radius 3 is 2.51 bits per heavy atom. The van der Waals surface area contributed by atoms with Gasteiger partial charge in [0.1, 0.15) is 17.9 Å². The molecule has 10 heteroatoms. The third kappa shape index (κ3) is 5.38. The first-order valence-electron chi connectivity index (χ1n) is 13.1. The Kier molecular flexibility index (Phi) is 7.52. The molecule has 1 saturated heterocycles. The number of methoxy groups -OCH3 is 1. The molecular weight excluding hydrogens is 472 g/mol. The molecule has 1 aliphatic carbocycles. The summed E-state index contributed by atoms with van der Waals surface area (Å²) in [5.41, 5.74) is 1.87. The topological polar surface area (TPSA) is 103 Å². The van der Waals surface area contributed by atoms with E-state index in [2.05, 4.69) is 26.0 Å². The molecule has 10 nitrogen and oxygen atoms in total. The van der Waals surface area contributed by atoms with Crippen molar-refractivity contribution in [3.63, 3.8) is 0 Å². The number of esters is 1. The summed E-state index contributed by atoms with van der Waals surface area (Å²) in [7, 11) is 1.43. The molecule has 0 radical (unpaired) electrons. The van der Waals surface area contributed by atoms with Gasteiger partial charge in [-0.05, 0) is 50.3 Å². The highest BCUT2D eigenvalue weighted by atomic mass is 16.5. The zero-order valence-corrected chi connectivity index (χ0v) is 21.5. The average Bonchev–Trinajstić information content (AvgIpc) is 3.35. The summed E-state index contributed by atoms with van der Waals surface area (Å²) < 4.78 is 12.4. The first kappa shape index (κ1) is 25.0. The summed E-state index contributed by atoms with van der Waals surface area (Å²) in [6.45, 7) is 5.90. The van der Waals surface area contributed by atoms with E-state index in [9.17, 15) is 9.59 Å². The molecule has 0 spiro atoms. The molecule has 1 amide bonds. The third-order valence-electron chi connectivity index (χ3n) is 7.46. The molecule has 2 aliphatic rings. The van der Waals surface area contributed by atoms with Gasteiger partial charge in [0.2, 0.25) is 5.91 Å². The second kappa shape index (κ2) is 11.1. The zero-order valence-electron chi connectivity index (χ0n) is 21.5. The molecule has 3 heterocycles. The Morgan fingerprint density at radius 2 is 1.78 bits per heavy atom. The van der Waals surface area contributed by atoms with Gasteiger partial charge in [-0.1, -0.05) is 12.1 Å². The number of carbonyl (C=O) groups excluding carboxylic acids is 2. The maximum absolute atomic E-state index is 13.1. The van der Waals surface area contributed by atoms with Gasteiger partial charge in [0, 0.05) is 32.1 Å². The standard InChI is InChI=1S/C27H34N6O4/c1-3-37-22-6-4-5-19(15-22)17-33-25-23(16-30-33)24(28-18-29-25)31-11-13-32(14-12-31)26(34)20-7-9-21(10-8-20)27(35)36-2/h4-6,15-16,18,20-21H,3,7-14,17H2,1-2H3/t20-,21-. The van der Waals surface area contributed by atoms with Gasteiger partial charge in [-0.3, -0.25) is 9.59 Å². The number of amides is 1. The Bertz CT molecular complexity index is 1240. The van der Waals surface area contributed by atoms with Crippen LogP contribution in [0.25, 0.3) is 11.0 Å². The molecule has 37 heavy (non-hydrogen) atoms. The first-order valence-corrected chi connectivity index (χ1v) is 13.1. The fourth-order valence-electron chi connectivity index (χ4n) is 5.46. The average molecular weight is 507 g/mol. The molecule has 5 rings (SSSR count). The highest BCUT2D eigenvalue weighted by molar-refractivity contribution is 5.87. The van der Waals surface area contributed by atoms with Crippen LogP contribution in [0.5, 0.6) is 5.75 Å². The fraction of sp³-hybridized carbons (Fsp3) is 0.519. The predicted octanol–water partition coefficient (Wildman–Crippen LogP) is 2.90. The first-order chi connectivity index (χ1) is 18.1. The fourth-order valence-corrected chi connectivity index (χ4v) is 5.46. The molecule has 2 fully saturated rings. The van der Waals surface area contributed by atoms with E-state index in [1.807, 2.05) is 40.9 Å². The molecule has 196 valence electrons. The Balaban J connectivity index is 1.22. The van der Waals surface area contributed by atoms with E-state index in [1.54, 1.807) is 6.33 Å². The van der Waals surface area contributed by atoms with Crippen LogP contribution in [-0.4, -0.2) is 76.4 Å². The van der Waals surface area contributed by atoms with Crippen molar-refractivity contribution >= 4 is 28.7 Å². The second-order valence-corrected chi connectivity index (χ2v) is 9.70. The molecule has 1 aromatic carbocycles. The maximum Gasteiger partial charge on any atom is 0.308 e. The normalized spacial score (nSPS) is 20.2. The zero-order chi connectivity index (χ0) is 25.8. The van der Waals surface area contributed by atoms with Crippen LogP contribution in [0.1, 0.15) is 38.2 Å². The minimum absolute atomic E-state index is 0.00215. The highest BCUT2D eigenvalue weighted by Crippen LogP contribution is 2.31. The molecule has 1 aliphatic heterocycles. The van der Waals surface area contributed by atoms with Crippen molar-refractivity contribution < 1.29 is 19.1 Å². The van der Waals surface area contributed by atoms with Crippen molar-refractivity contribution in [3.8, 4) is 5.75 Å². The summed E-state index contributed by atoms with van der Waals surface area (Å²) in [4.78, 5) is 38.2. The van der Waals surface area contributed by atoms with Crippen LogP contribution in [0, 0.1) is 11.8 Å². The van der Waals surface area contributed by atoms with Gasteiger partial charge in [-0.15, -0.1) is 0 Å². The summed E-state index contributed by atoms with van der Waals surface area (Å²) in [5, 5.41) is 5.51. The number of piperazine rings is 1. The number of anilines is 1. The van der Waals surface area contributed by atoms with Crippen LogP contribution < -0.4 is 9.64 Å². The lowest BCUT2D eigenvalue weighted by atomic mass is 9.81.